The lowest BCUT2D eigenvalue weighted by Gasteiger charge is -2.21. The molecule has 0 aromatic carbocycles. The van der Waals surface area contributed by atoms with E-state index in [1.165, 1.54) is 0 Å². The molecule has 2 aliphatic rings. The van der Waals surface area contributed by atoms with Crippen molar-refractivity contribution in [1.82, 2.24) is 0 Å². The molecule has 2 saturated heterocycles. The first-order chi connectivity index (χ1) is 15.1. The molecule has 2 rings (SSSR count). The molecule has 0 aromatic rings. The molecule has 0 amide bonds. The van der Waals surface area contributed by atoms with Gasteiger partial charge in [0.15, 0.2) is 0 Å². The molecular formula is C26H50O4S2. The number of hydrogen-bond donors (Lipinski definition) is 2. The van der Waals surface area contributed by atoms with Crippen molar-refractivity contribution in [3.8, 4) is 0 Å². The van der Waals surface area contributed by atoms with Crippen LogP contribution in [0.3, 0.4) is 0 Å². The molecule has 0 bridgehead atoms. The van der Waals surface area contributed by atoms with Crippen LogP contribution in [-0.4, -0.2) is 52.8 Å². The van der Waals surface area contributed by atoms with Gasteiger partial charge < -0.3 is 10.2 Å². The molecular weight excluding hydrogens is 440 g/mol. The third-order valence-electron chi connectivity index (χ3n) is 7.86. The molecule has 6 unspecified atom stereocenters. The van der Waals surface area contributed by atoms with Crippen LogP contribution in [0.25, 0.3) is 0 Å². The number of hydrogen-bond acceptors (Lipinski definition) is 4. The SMILES string of the molecule is CC(C)(CO)CCCCC1CCC(CCC2CCC(CCCCC(C)(C)CO)S2=O)S1=O. The van der Waals surface area contributed by atoms with Crippen LogP contribution in [0.4, 0.5) is 0 Å². The molecule has 6 heteroatoms. The predicted octanol–water partition coefficient (Wildman–Crippen LogP) is 5.48. The monoisotopic (exact) mass is 490 g/mol. The van der Waals surface area contributed by atoms with Crippen LogP contribution in [0, 0.1) is 10.8 Å². The maximum absolute atomic E-state index is 13.0. The minimum Gasteiger partial charge on any atom is -0.396 e. The third-order valence-corrected chi connectivity index (χ3v) is 12.4. The normalized spacial score (nSPS) is 31.4. The number of aliphatic hydroxyl groups excluding tert-OH is 2. The summed E-state index contributed by atoms with van der Waals surface area (Å²) in [6, 6.07) is 0. The average molecular weight is 491 g/mol. The summed E-state index contributed by atoms with van der Waals surface area (Å²) in [5.74, 6) is 0. The maximum Gasteiger partial charge on any atom is 0.0482 e. The van der Waals surface area contributed by atoms with Crippen molar-refractivity contribution in [2.24, 2.45) is 10.8 Å². The van der Waals surface area contributed by atoms with Crippen LogP contribution in [0.2, 0.25) is 0 Å². The van der Waals surface area contributed by atoms with Gasteiger partial charge in [-0.05, 0) is 75.0 Å². The molecule has 2 N–H and O–H groups in total. The van der Waals surface area contributed by atoms with E-state index < -0.39 is 21.6 Å². The van der Waals surface area contributed by atoms with Crippen LogP contribution < -0.4 is 0 Å². The molecule has 0 saturated carbocycles. The molecule has 0 aromatic heterocycles. The van der Waals surface area contributed by atoms with Gasteiger partial charge in [0, 0.05) is 55.8 Å². The molecule has 32 heavy (non-hydrogen) atoms. The fourth-order valence-corrected chi connectivity index (χ4v) is 9.37. The van der Waals surface area contributed by atoms with E-state index in [9.17, 15) is 18.6 Å². The van der Waals surface area contributed by atoms with Gasteiger partial charge in [-0.3, -0.25) is 8.42 Å². The van der Waals surface area contributed by atoms with E-state index in [-0.39, 0.29) is 24.0 Å². The van der Waals surface area contributed by atoms with E-state index in [0.29, 0.717) is 21.0 Å². The Hall–Kier alpha value is 0.220. The van der Waals surface area contributed by atoms with Gasteiger partial charge in [0.2, 0.25) is 0 Å². The summed E-state index contributed by atoms with van der Waals surface area (Å²) in [4.78, 5) is 0. The first-order valence-corrected chi connectivity index (χ1v) is 15.6. The first kappa shape index (κ1) is 28.5. The van der Waals surface area contributed by atoms with Crippen LogP contribution in [0.5, 0.6) is 0 Å². The lowest BCUT2D eigenvalue weighted by Crippen LogP contribution is -2.21. The number of rotatable bonds is 15. The highest BCUT2D eigenvalue weighted by atomic mass is 32.2. The first-order valence-electron chi connectivity index (χ1n) is 13.1. The third kappa shape index (κ3) is 9.11. The molecule has 4 nitrogen and oxygen atoms in total. The highest BCUT2D eigenvalue weighted by Gasteiger charge is 2.36. The molecule has 0 spiro atoms. The van der Waals surface area contributed by atoms with Crippen molar-refractivity contribution in [3.63, 3.8) is 0 Å². The van der Waals surface area contributed by atoms with E-state index >= 15 is 0 Å². The van der Waals surface area contributed by atoms with Gasteiger partial charge in [-0.2, -0.15) is 0 Å². The van der Waals surface area contributed by atoms with Gasteiger partial charge in [-0.25, -0.2) is 0 Å². The zero-order valence-corrected chi connectivity index (χ0v) is 22.8. The quantitative estimate of drug-likeness (QED) is 0.298. The zero-order valence-electron chi connectivity index (χ0n) is 21.2. The van der Waals surface area contributed by atoms with Crippen LogP contribution >= 0.6 is 0 Å². The fraction of sp³-hybridized carbons (Fsp3) is 1.00. The largest absolute Gasteiger partial charge is 0.396 e. The van der Waals surface area contributed by atoms with Crippen LogP contribution in [0.1, 0.15) is 118 Å². The molecule has 0 radical (unpaired) electrons. The molecule has 190 valence electrons. The van der Waals surface area contributed by atoms with Crippen molar-refractivity contribution in [2.75, 3.05) is 13.2 Å². The van der Waals surface area contributed by atoms with E-state index in [1.807, 2.05) is 0 Å². The molecule has 2 aliphatic heterocycles. The predicted molar refractivity (Wildman–Crippen MR) is 138 cm³/mol. The molecule has 2 fully saturated rings. The minimum absolute atomic E-state index is 0.00215. The second-order valence-electron chi connectivity index (χ2n) is 12.0. The van der Waals surface area contributed by atoms with Crippen molar-refractivity contribution >= 4 is 21.6 Å². The summed E-state index contributed by atoms with van der Waals surface area (Å²) in [5, 5.41) is 20.1. The topological polar surface area (TPSA) is 74.6 Å². The Bertz CT molecular complexity index is 553. The highest BCUT2D eigenvalue weighted by molar-refractivity contribution is 7.87. The van der Waals surface area contributed by atoms with Gasteiger partial charge in [0.05, 0.1) is 0 Å². The zero-order chi connectivity index (χ0) is 23.8. The summed E-state index contributed by atoms with van der Waals surface area (Å²) >= 11 is 0. The Labute approximate surface area is 202 Å². The van der Waals surface area contributed by atoms with Gasteiger partial charge in [0.25, 0.3) is 0 Å². The van der Waals surface area contributed by atoms with E-state index in [2.05, 4.69) is 27.7 Å². The van der Waals surface area contributed by atoms with Gasteiger partial charge >= 0.3 is 0 Å². The average Bonchev–Trinajstić information content (AvgIpc) is 3.29. The maximum atomic E-state index is 13.0. The Balaban J connectivity index is 1.63. The van der Waals surface area contributed by atoms with Gasteiger partial charge in [-0.1, -0.05) is 53.4 Å². The van der Waals surface area contributed by atoms with Crippen molar-refractivity contribution in [2.45, 2.75) is 139 Å². The smallest absolute Gasteiger partial charge is 0.0482 e. The summed E-state index contributed by atoms with van der Waals surface area (Å²) in [6.07, 6.45) is 14.9. The Morgan fingerprint density at radius 2 is 0.906 bits per heavy atom. The van der Waals surface area contributed by atoms with Crippen molar-refractivity contribution in [3.05, 3.63) is 0 Å². The lowest BCUT2D eigenvalue weighted by molar-refractivity contribution is 0.147. The Morgan fingerprint density at radius 1 is 0.594 bits per heavy atom. The Kier molecular flexibility index (Phi) is 11.9. The van der Waals surface area contributed by atoms with Crippen molar-refractivity contribution < 1.29 is 18.6 Å². The Morgan fingerprint density at radius 3 is 1.22 bits per heavy atom. The second kappa shape index (κ2) is 13.3. The number of aliphatic hydroxyl groups is 2. The standard InChI is InChI=1S/C26H50O4S2/c1-25(2,19-27)17-7-5-9-21-11-13-23(31(21)29)15-16-24-14-12-22(32(24)30)10-6-8-18-26(3,4)20-28/h21-24,27-28H,5-20H2,1-4H3. The van der Waals surface area contributed by atoms with Gasteiger partial charge in [0.1, 0.15) is 0 Å². The van der Waals surface area contributed by atoms with Gasteiger partial charge in [-0.15, -0.1) is 0 Å². The molecule has 2 heterocycles. The number of unbranched alkanes of at least 4 members (excludes halogenated alkanes) is 2. The molecule has 6 atom stereocenters. The second-order valence-corrected chi connectivity index (χ2v) is 16.0. The van der Waals surface area contributed by atoms with E-state index in [4.69, 9.17) is 0 Å². The lowest BCUT2D eigenvalue weighted by atomic mass is 9.88. The molecule has 0 aliphatic carbocycles. The fourth-order valence-electron chi connectivity index (χ4n) is 5.28. The van der Waals surface area contributed by atoms with Crippen LogP contribution in [-0.2, 0) is 21.6 Å². The van der Waals surface area contributed by atoms with Crippen LogP contribution in [0.15, 0.2) is 0 Å². The summed E-state index contributed by atoms with van der Waals surface area (Å²) < 4.78 is 25.9. The summed E-state index contributed by atoms with van der Waals surface area (Å²) in [7, 11) is -1.46. The van der Waals surface area contributed by atoms with E-state index in [1.54, 1.807) is 0 Å². The summed E-state index contributed by atoms with van der Waals surface area (Å²) in [6.45, 7) is 8.88. The minimum atomic E-state index is -0.729. The van der Waals surface area contributed by atoms with E-state index in [0.717, 1.165) is 89.9 Å². The van der Waals surface area contributed by atoms with Crippen molar-refractivity contribution in [1.29, 1.82) is 0 Å². The highest BCUT2D eigenvalue weighted by Crippen LogP contribution is 2.35. The summed E-state index contributed by atoms with van der Waals surface area (Å²) in [5.41, 5.74) is 0.00430.